The van der Waals surface area contributed by atoms with Crippen molar-refractivity contribution in [3.8, 4) is 0 Å². The summed E-state index contributed by atoms with van der Waals surface area (Å²) >= 11 is 0. The Bertz CT molecular complexity index is 816. The van der Waals surface area contributed by atoms with E-state index < -0.39 is 0 Å². The van der Waals surface area contributed by atoms with E-state index in [0.717, 1.165) is 42.5 Å². The van der Waals surface area contributed by atoms with Gasteiger partial charge in [-0.05, 0) is 32.6 Å². The monoisotopic (exact) mass is 313 g/mol. The molecule has 0 unspecified atom stereocenters. The SMILES string of the molecule is Cc1cc(Nc2cnc3cnn([C@H]4CC[C@H](O)CC4)c3n2)n[nH]1. The molecule has 3 heterocycles. The number of anilines is 2. The highest BCUT2D eigenvalue weighted by Gasteiger charge is 2.23. The second kappa shape index (κ2) is 5.62. The molecule has 0 radical (unpaired) electrons. The molecule has 3 N–H and O–H groups in total. The van der Waals surface area contributed by atoms with Gasteiger partial charge in [-0.1, -0.05) is 0 Å². The molecule has 1 saturated carbocycles. The highest BCUT2D eigenvalue weighted by atomic mass is 16.3. The predicted molar refractivity (Wildman–Crippen MR) is 85.4 cm³/mol. The van der Waals surface area contributed by atoms with Gasteiger partial charge in [-0.15, -0.1) is 0 Å². The van der Waals surface area contributed by atoms with E-state index in [1.54, 1.807) is 12.4 Å². The fraction of sp³-hybridized carbons (Fsp3) is 0.467. The summed E-state index contributed by atoms with van der Waals surface area (Å²) < 4.78 is 1.94. The number of nitrogens with zero attached hydrogens (tertiary/aromatic N) is 5. The highest BCUT2D eigenvalue weighted by Crippen LogP contribution is 2.30. The number of hydrogen-bond donors (Lipinski definition) is 3. The van der Waals surface area contributed by atoms with E-state index in [9.17, 15) is 5.11 Å². The van der Waals surface area contributed by atoms with Crippen molar-refractivity contribution in [2.24, 2.45) is 0 Å². The van der Waals surface area contributed by atoms with Crippen LogP contribution in [-0.2, 0) is 0 Å². The van der Waals surface area contributed by atoms with Gasteiger partial charge in [0.25, 0.3) is 0 Å². The van der Waals surface area contributed by atoms with Crippen molar-refractivity contribution < 1.29 is 5.11 Å². The maximum absolute atomic E-state index is 9.67. The molecule has 1 fully saturated rings. The first-order valence-corrected chi connectivity index (χ1v) is 7.86. The van der Waals surface area contributed by atoms with Gasteiger partial charge in [-0.2, -0.15) is 10.2 Å². The summed E-state index contributed by atoms with van der Waals surface area (Å²) in [6, 6.07) is 2.18. The average molecular weight is 313 g/mol. The molecule has 4 rings (SSSR count). The topological polar surface area (TPSA) is 105 Å². The summed E-state index contributed by atoms with van der Waals surface area (Å²) in [5, 5.41) is 24.3. The number of hydrogen-bond acceptors (Lipinski definition) is 6. The number of aromatic nitrogens is 6. The van der Waals surface area contributed by atoms with Crippen molar-refractivity contribution in [3.63, 3.8) is 0 Å². The molecular weight excluding hydrogens is 294 g/mol. The van der Waals surface area contributed by atoms with Crippen molar-refractivity contribution in [1.29, 1.82) is 0 Å². The normalized spacial score (nSPS) is 21.7. The standard InChI is InChI=1S/C15H19N7O/c1-9-6-13(21-20-9)18-14-8-16-12-7-17-22(15(12)19-14)10-2-4-11(23)5-3-10/h6-8,10-11,23H,2-5H2,1H3,(H2,18,19,20,21)/t10-,11-. The van der Waals surface area contributed by atoms with E-state index in [2.05, 4.69) is 30.6 Å². The van der Waals surface area contributed by atoms with E-state index in [-0.39, 0.29) is 12.1 Å². The van der Waals surface area contributed by atoms with Gasteiger partial charge in [0, 0.05) is 11.8 Å². The zero-order valence-corrected chi connectivity index (χ0v) is 12.9. The summed E-state index contributed by atoms with van der Waals surface area (Å²) in [7, 11) is 0. The molecule has 0 aliphatic heterocycles. The molecule has 8 nitrogen and oxygen atoms in total. The van der Waals surface area contributed by atoms with Gasteiger partial charge >= 0.3 is 0 Å². The van der Waals surface area contributed by atoms with Crippen LogP contribution in [0.25, 0.3) is 11.2 Å². The van der Waals surface area contributed by atoms with Crippen molar-refractivity contribution >= 4 is 22.8 Å². The van der Waals surface area contributed by atoms with E-state index in [1.165, 1.54) is 0 Å². The Morgan fingerprint density at radius 2 is 2.04 bits per heavy atom. The number of fused-ring (bicyclic) bond motifs is 1. The first-order chi connectivity index (χ1) is 11.2. The number of rotatable bonds is 3. The van der Waals surface area contributed by atoms with Gasteiger partial charge in [0.15, 0.2) is 17.3 Å². The minimum atomic E-state index is -0.181. The van der Waals surface area contributed by atoms with E-state index in [1.807, 2.05) is 17.7 Å². The van der Waals surface area contributed by atoms with Crippen LogP contribution < -0.4 is 5.32 Å². The number of H-pyrrole nitrogens is 1. The second-order valence-corrected chi connectivity index (χ2v) is 6.08. The lowest BCUT2D eigenvalue weighted by Gasteiger charge is -2.25. The molecule has 23 heavy (non-hydrogen) atoms. The summed E-state index contributed by atoms with van der Waals surface area (Å²) in [4.78, 5) is 9.06. The van der Waals surface area contributed by atoms with E-state index in [0.29, 0.717) is 11.6 Å². The van der Waals surface area contributed by atoms with Gasteiger partial charge < -0.3 is 10.4 Å². The molecule has 120 valence electrons. The summed E-state index contributed by atoms with van der Waals surface area (Å²) in [6.45, 7) is 1.94. The molecule has 0 amide bonds. The first-order valence-electron chi connectivity index (χ1n) is 7.86. The molecule has 0 atom stereocenters. The lowest BCUT2D eigenvalue weighted by Crippen LogP contribution is -2.22. The summed E-state index contributed by atoms with van der Waals surface area (Å²) in [5.41, 5.74) is 2.52. The Hall–Kier alpha value is -2.48. The van der Waals surface area contributed by atoms with Crippen LogP contribution in [0.1, 0.15) is 37.4 Å². The van der Waals surface area contributed by atoms with Crippen molar-refractivity contribution in [2.45, 2.75) is 44.8 Å². The highest BCUT2D eigenvalue weighted by molar-refractivity contribution is 5.72. The molecule has 3 aromatic rings. The lowest BCUT2D eigenvalue weighted by atomic mass is 9.93. The molecule has 0 aromatic carbocycles. The fourth-order valence-corrected chi connectivity index (χ4v) is 3.06. The number of nitrogens with one attached hydrogen (secondary N) is 2. The predicted octanol–water partition coefficient (Wildman–Crippen LogP) is 2.08. The molecule has 0 saturated heterocycles. The van der Waals surface area contributed by atoms with Crippen molar-refractivity contribution in [1.82, 2.24) is 29.9 Å². The van der Waals surface area contributed by atoms with Crippen LogP contribution >= 0.6 is 0 Å². The Morgan fingerprint density at radius 1 is 1.22 bits per heavy atom. The zero-order chi connectivity index (χ0) is 15.8. The van der Waals surface area contributed by atoms with Gasteiger partial charge in [-0.3, -0.25) is 5.10 Å². The number of aromatic amines is 1. The summed E-state index contributed by atoms with van der Waals surface area (Å²) in [5.74, 6) is 1.35. The van der Waals surface area contributed by atoms with Gasteiger partial charge in [0.1, 0.15) is 5.52 Å². The van der Waals surface area contributed by atoms with Crippen LogP contribution in [0.3, 0.4) is 0 Å². The van der Waals surface area contributed by atoms with Crippen LogP contribution in [0.5, 0.6) is 0 Å². The molecular formula is C15H19N7O. The van der Waals surface area contributed by atoms with Crippen LogP contribution in [0.15, 0.2) is 18.5 Å². The quantitative estimate of drug-likeness (QED) is 0.684. The molecule has 0 bridgehead atoms. The Kier molecular flexibility index (Phi) is 3.45. The molecule has 3 aromatic heterocycles. The van der Waals surface area contributed by atoms with E-state index in [4.69, 9.17) is 0 Å². The van der Waals surface area contributed by atoms with Crippen LogP contribution in [0.4, 0.5) is 11.6 Å². The largest absolute Gasteiger partial charge is 0.393 e. The Labute approximate surface area is 133 Å². The summed E-state index contributed by atoms with van der Waals surface area (Å²) in [6.07, 6.45) is 6.69. The van der Waals surface area contributed by atoms with Crippen molar-refractivity contribution in [2.75, 3.05) is 5.32 Å². The Balaban J connectivity index is 1.63. The smallest absolute Gasteiger partial charge is 0.179 e. The molecule has 1 aliphatic carbocycles. The molecule has 1 aliphatic rings. The van der Waals surface area contributed by atoms with Crippen LogP contribution in [0.2, 0.25) is 0 Å². The lowest BCUT2D eigenvalue weighted by molar-refractivity contribution is 0.109. The van der Waals surface area contributed by atoms with Crippen LogP contribution in [-0.4, -0.2) is 41.2 Å². The molecule has 8 heteroatoms. The maximum Gasteiger partial charge on any atom is 0.179 e. The zero-order valence-electron chi connectivity index (χ0n) is 12.9. The Morgan fingerprint density at radius 3 is 2.78 bits per heavy atom. The molecule has 0 spiro atoms. The number of aliphatic hydroxyl groups is 1. The average Bonchev–Trinajstić information content (AvgIpc) is 3.14. The number of aliphatic hydroxyl groups excluding tert-OH is 1. The second-order valence-electron chi connectivity index (χ2n) is 6.08. The third-order valence-electron chi connectivity index (χ3n) is 4.28. The maximum atomic E-state index is 9.67. The fourth-order valence-electron chi connectivity index (χ4n) is 3.06. The third-order valence-corrected chi connectivity index (χ3v) is 4.28. The van der Waals surface area contributed by atoms with Gasteiger partial charge in [0.2, 0.25) is 0 Å². The van der Waals surface area contributed by atoms with E-state index >= 15 is 0 Å². The van der Waals surface area contributed by atoms with Gasteiger partial charge in [-0.25, -0.2) is 14.6 Å². The van der Waals surface area contributed by atoms with Gasteiger partial charge in [0.05, 0.1) is 24.5 Å². The number of aryl methyl sites for hydroxylation is 1. The first kappa shape index (κ1) is 14.1. The van der Waals surface area contributed by atoms with Crippen LogP contribution in [0, 0.1) is 6.92 Å². The third kappa shape index (κ3) is 2.77. The minimum Gasteiger partial charge on any atom is -0.393 e. The van der Waals surface area contributed by atoms with Crippen molar-refractivity contribution in [3.05, 3.63) is 24.2 Å². The minimum absolute atomic E-state index is 0.181.